The number of ether oxygens (including phenoxy) is 1. The lowest BCUT2D eigenvalue weighted by molar-refractivity contribution is 0.0527. The smallest absolute Gasteiger partial charge is 0.338 e. The third kappa shape index (κ3) is 3.18. The molecule has 2 heterocycles. The largest absolute Gasteiger partial charge is 0.462 e. The van der Waals surface area contributed by atoms with Crippen LogP contribution in [-0.4, -0.2) is 18.4 Å². The Labute approximate surface area is 148 Å². The minimum Gasteiger partial charge on any atom is -0.462 e. The highest BCUT2D eigenvalue weighted by molar-refractivity contribution is 7.14. The number of rotatable bonds is 5. The van der Waals surface area contributed by atoms with Gasteiger partial charge in [0.05, 0.1) is 12.2 Å². The summed E-state index contributed by atoms with van der Waals surface area (Å²) >= 11 is 3.08. The van der Waals surface area contributed by atoms with Crippen LogP contribution in [0, 0.1) is 0 Å². The summed E-state index contributed by atoms with van der Waals surface area (Å²) in [6, 6.07) is 11.4. The van der Waals surface area contributed by atoms with Gasteiger partial charge in [0.1, 0.15) is 0 Å². The Morgan fingerprint density at radius 2 is 1.50 bits per heavy atom. The molecule has 0 aliphatic rings. The van der Waals surface area contributed by atoms with Gasteiger partial charge in [-0.25, -0.2) is 4.79 Å². The van der Waals surface area contributed by atoms with Crippen molar-refractivity contribution in [1.29, 1.82) is 0 Å². The summed E-state index contributed by atoms with van der Waals surface area (Å²) in [6.45, 7) is 3.65. The van der Waals surface area contributed by atoms with Gasteiger partial charge in [-0.1, -0.05) is 12.1 Å². The van der Waals surface area contributed by atoms with E-state index in [4.69, 9.17) is 4.74 Å². The van der Waals surface area contributed by atoms with Crippen LogP contribution in [0.5, 0.6) is 0 Å². The second-order valence-electron chi connectivity index (χ2n) is 5.17. The average molecular weight is 356 g/mol. The van der Waals surface area contributed by atoms with Gasteiger partial charge in [0.25, 0.3) is 0 Å². The third-order valence-corrected chi connectivity index (χ3v) is 5.41. The molecule has 3 nitrogen and oxygen atoms in total. The maximum absolute atomic E-state index is 12.5. The monoisotopic (exact) mass is 356 g/mol. The zero-order valence-electron chi connectivity index (χ0n) is 13.4. The lowest BCUT2D eigenvalue weighted by Crippen LogP contribution is -2.08. The maximum atomic E-state index is 12.5. The highest BCUT2D eigenvalue weighted by Crippen LogP contribution is 2.36. The number of benzene rings is 1. The van der Waals surface area contributed by atoms with Gasteiger partial charge in [-0.2, -0.15) is 0 Å². The molecule has 0 radical (unpaired) electrons. The van der Waals surface area contributed by atoms with Crippen molar-refractivity contribution in [2.75, 3.05) is 6.61 Å². The Morgan fingerprint density at radius 1 is 0.958 bits per heavy atom. The normalized spacial score (nSPS) is 10.6. The van der Waals surface area contributed by atoms with Crippen molar-refractivity contribution in [1.82, 2.24) is 0 Å². The maximum Gasteiger partial charge on any atom is 0.338 e. The predicted octanol–water partition coefficient (Wildman–Crippen LogP) is 5.52. The summed E-state index contributed by atoms with van der Waals surface area (Å²) in [4.78, 5) is 26.6. The van der Waals surface area contributed by atoms with E-state index >= 15 is 0 Å². The van der Waals surface area contributed by atoms with E-state index in [0.717, 1.165) is 20.9 Å². The van der Waals surface area contributed by atoms with Gasteiger partial charge in [-0.15, -0.1) is 22.7 Å². The van der Waals surface area contributed by atoms with Crippen LogP contribution in [0.3, 0.4) is 0 Å². The lowest BCUT2D eigenvalue weighted by Gasteiger charge is -2.13. The highest BCUT2D eigenvalue weighted by atomic mass is 32.1. The van der Waals surface area contributed by atoms with Crippen LogP contribution in [0.15, 0.2) is 47.2 Å². The predicted molar refractivity (Wildman–Crippen MR) is 99.0 cm³/mol. The van der Waals surface area contributed by atoms with Gasteiger partial charge in [0.2, 0.25) is 0 Å². The van der Waals surface area contributed by atoms with Crippen molar-refractivity contribution >= 4 is 34.4 Å². The van der Waals surface area contributed by atoms with Crippen molar-refractivity contribution < 1.29 is 14.3 Å². The van der Waals surface area contributed by atoms with Gasteiger partial charge in [0.15, 0.2) is 5.78 Å². The number of carbonyl (C=O) groups is 2. The summed E-state index contributed by atoms with van der Waals surface area (Å²) in [7, 11) is 0. The van der Waals surface area contributed by atoms with Crippen LogP contribution in [0.4, 0.5) is 0 Å². The first-order chi connectivity index (χ1) is 11.6. The molecule has 0 saturated heterocycles. The summed E-state index contributed by atoms with van der Waals surface area (Å²) < 4.78 is 5.22. The molecule has 0 N–H and O–H groups in total. The lowest BCUT2D eigenvalue weighted by atomic mass is 9.94. The number of thiophene rings is 2. The zero-order valence-corrected chi connectivity index (χ0v) is 15.0. The number of carbonyl (C=O) groups excluding carboxylic acids is 2. The average Bonchev–Trinajstić information content (AvgIpc) is 3.27. The van der Waals surface area contributed by atoms with Gasteiger partial charge < -0.3 is 4.74 Å². The van der Waals surface area contributed by atoms with Crippen LogP contribution in [0.25, 0.3) is 20.9 Å². The Bertz CT molecular complexity index is 862. The van der Waals surface area contributed by atoms with Gasteiger partial charge in [-0.05, 0) is 48.9 Å². The van der Waals surface area contributed by atoms with Crippen molar-refractivity contribution in [2.24, 2.45) is 0 Å². The third-order valence-electron chi connectivity index (χ3n) is 3.61. The summed E-state index contributed by atoms with van der Waals surface area (Å²) in [5.74, 6) is -0.388. The minimum absolute atomic E-state index is 0.0217. The Morgan fingerprint density at radius 3 is 1.96 bits per heavy atom. The molecule has 3 aromatic rings. The van der Waals surface area contributed by atoms with E-state index in [1.165, 1.54) is 11.3 Å². The second-order valence-corrected chi connectivity index (χ2v) is 7.07. The number of hydrogen-bond donors (Lipinski definition) is 0. The standard InChI is InChI=1S/C19H16O3S2/c1-3-22-19(21)16-11-14(17-6-4-8-23-17)13(12(2)20)10-15(16)18-7-5-9-24-18/h4-11H,3H2,1-2H3. The van der Waals surface area contributed by atoms with E-state index in [1.807, 2.05) is 41.1 Å². The van der Waals surface area contributed by atoms with Crippen LogP contribution in [0.1, 0.15) is 34.6 Å². The molecule has 2 aromatic heterocycles. The Hall–Kier alpha value is -2.24. The summed E-state index contributed by atoms with van der Waals surface area (Å²) in [5.41, 5.74) is 2.64. The Balaban J connectivity index is 2.27. The second kappa shape index (κ2) is 7.11. The highest BCUT2D eigenvalue weighted by Gasteiger charge is 2.21. The SMILES string of the molecule is CCOC(=O)c1cc(-c2cccs2)c(C(C)=O)cc1-c1cccs1. The van der Waals surface area contributed by atoms with Crippen molar-refractivity contribution in [2.45, 2.75) is 13.8 Å². The molecule has 0 saturated carbocycles. The molecule has 0 fully saturated rings. The van der Waals surface area contributed by atoms with Crippen molar-refractivity contribution in [3.05, 3.63) is 58.3 Å². The molecule has 5 heteroatoms. The topological polar surface area (TPSA) is 43.4 Å². The molecule has 0 aliphatic heterocycles. The fourth-order valence-electron chi connectivity index (χ4n) is 2.54. The molecular formula is C19H16O3S2. The van der Waals surface area contributed by atoms with Crippen LogP contribution in [-0.2, 0) is 4.74 Å². The molecule has 0 spiro atoms. The molecule has 122 valence electrons. The summed E-state index contributed by atoms with van der Waals surface area (Å²) in [6.07, 6.45) is 0. The molecule has 3 rings (SSSR count). The quantitative estimate of drug-likeness (QED) is 0.446. The fourth-order valence-corrected chi connectivity index (χ4v) is 4.05. The zero-order chi connectivity index (χ0) is 17.1. The van der Waals surface area contributed by atoms with E-state index in [1.54, 1.807) is 31.3 Å². The molecule has 24 heavy (non-hydrogen) atoms. The van der Waals surface area contributed by atoms with E-state index < -0.39 is 0 Å². The van der Waals surface area contributed by atoms with Crippen LogP contribution in [0.2, 0.25) is 0 Å². The first-order valence-corrected chi connectivity index (χ1v) is 9.31. The minimum atomic E-state index is -0.367. The number of Topliss-reactive ketones (excluding diaryl/α,β-unsaturated/α-hetero) is 1. The van der Waals surface area contributed by atoms with E-state index in [2.05, 4.69) is 0 Å². The van der Waals surface area contributed by atoms with Gasteiger partial charge >= 0.3 is 5.97 Å². The number of esters is 1. The number of ketones is 1. The van der Waals surface area contributed by atoms with Crippen molar-refractivity contribution in [3.63, 3.8) is 0 Å². The van der Waals surface area contributed by atoms with Crippen LogP contribution < -0.4 is 0 Å². The van der Waals surface area contributed by atoms with E-state index in [-0.39, 0.29) is 11.8 Å². The molecule has 0 amide bonds. The fraction of sp³-hybridized carbons (Fsp3) is 0.158. The first kappa shape index (κ1) is 16.6. The van der Waals surface area contributed by atoms with Crippen LogP contribution >= 0.6 is 22.7 Å². The summed E-state index contributed by atoms with van der Waals surface area (Å²) in [5, 5.41) is 3.90. The van der Waals surface area contributed by atoms with Gasteiger partial charge in [-0.3, -0.25) is 4.79 Å². The Kier molecular flexibility index (Phi) is 4.92. The molecular weight excluding hydrogens is 340 g/mol. The van der Waals surface area contributed by atoms with E-state index in [9.17, 15) is 9.59 Å². The van der Waals surface area contributed by atoms with E-state index in [0.29, 0.717) is 17.7 Å². The molecule has 0 bridgehead atoms. The molecule has 0 aliphatic carbocycles. The number of hydrogen-bond acceptors (Lipinski definition) is 5. The molecule has 0 unspecified atom stereocenters. The molecule has 1 aromatic carbocycles. The molecule has 0 atom stereocenters. The van der Waals surface area contributed by atoms with Crippen molar-refractivity contribution in [3.8, 4) is 20.9 Å². The first-order valence-electron chi connectivity index (χ1n) is 7.55. The van der Waals surface area contributed by atoms with Gasteiger partial charge in [0, 0.05) is 26.4 Å².